The van der Waals surface area contributed by atoms with E-state index in [9.17, 15) is 24.6 Å². The molecule has 0 aromatic heterocycles. The minimum Gasteiger partial charge on any atom is -0.508 e. The number of hydrogen-bond acceptors (Lipinski definition) is 7. The topological polar surface area (TPSA) is 110 Å². The lowest BCUT2D eigenvalue weighted by Gasteiger charge is -2.07. The summed E-state index contributed by atoms with van der Waals surface area (Å²) >= 11 is 0. The van der Waals surface area contributed by atoms with Gasteiger partial charge in [0.15, 0.2) is 5.78 Å². The molecule has 0 saturated heterocycles. The number of carbonyl (C=O) groups excluding carboxylic acids is 3. The van der Waals surface area contributed by atoms with Crippen molar-refractivity contribution in [3.8, 4) is 23.0 Å². The summed E-state index contributed by atoms with van der Waals surface area (Å²) in [5, 5.41) is 18.6. The number of benzene rings is 4. The van der Waals surface area contributed by atoms with E-state index in [1.807, 2.05) is 0 Å². The van der Waals surface area contributed by atoms with Crippen LogP contribution in [0, 0.1) is 0 Å². The van der Waals surface area contributed by atoms with Crippen molar-refractivity contribution in [2.45, 2.75) is 0 Å². The molecule has 0 saturated carbocycles. The largest absolute Gasteiger partial charge is 0.508 e. The quantitative estimate of drug-likeness (QED) is 0.245. The highest BCUT2D eigenvalue weighted by molar-refractivity contribution is 6.09. The number of carbonyl (C=O) groups is 3. The zero-order chi connectivity index (χ0) is 24.1. The third kappa shape index (κ3) is 5.28. The van der Waals surface area contributed by atoms with E-state index in [2.05, 4.69) is 0 Å². The first kappa shape index (κ1) is 22.3. The van der Waals surface area contributed by atoms with Crippen molar-refractivity contribution in [2.24, 2.45) is 0 Å². The molecule has 34 heavy (non-hydrogen) atoms. The average molecular weight is 454 g/mol. The van der Waals surface area contributed by atoms with Crippen LogP contribution in [0.2, 0.25) is 0 Å². The van der Waals surface area contributed by atoms with Crippen molar-refractivity contribution in [3.63, 3.8) is 0 Å². The van der Waals surface area contributed by atoms with Gasteiger partial charge < -0.3 is 19.7 Å². The molecule has 7 nitrogen and oxygen atoms in total. The minimum atomic E-state index is -0.587. The molecule has 0 radical (unpaired) electrons. The summed E-state index contributed by atoms with van der Waals surface area (Å²) < 4.78 is 10.6. The summed E-state index contributed by atoms with van der Waals surface area (Å²) in [6.07, 6.45) is 0. The van der Waals surface area contributed by atoms with Crippen molar-refractivity contribution in [1.82, 2.24) is 0 Å². The highest BCUT2D eigenvalue weighted by Crippen LogP contribution is 2.20. The van der Waals surface area contributed by atoms with Crippen LogP contribution < -0.4 is 9.47 Å². The Kier molecular flexibility index (Phi) is 6.36. The van der Waals surface area contributed by atoms with E-state index in [1.54, 1.807) is 24.3 Å². The van der Waals surface area contributed by atoms with Crippen molar-refractivity contribution < 1.29 is 34.1 Å². The van der Waals surface area contributed by atoms with E-state index in [0.717, 1.165) is 0 Å². The molecule has 0 atom stereocenters. The summed E-state index contributed by atoms with van der Waals surface area (Å²) in [6, 6.07) is 23.6. The van der Waals surface area contributed by atoms with E-state index < -0.39 is 11.9 Å². The summed E-state index contributed by atoms with van der Waals surface area (Å²) in [5.74, 6) is -0.802. The Balaban J connectivity index is 1.38. The molecule has 0 aliphatic heterocycles. The van der Waals surface area contributed by atoms with E-state index in [4.69, 9.17) is 9.47 Å². The normalized spacial score (nSPS) is 10.4. The zero-order valence-electron chi connectivity index (χ0n) is 17.7. The molecule has 4 aromatic rings. The van der Waals surface area contributed by atoms with Gasteiger partial charge in [0.1, 0.15) is 23.0 Å². The van der Waals surface area contributed by atoms with Gasteiger partial charge in [0.2, 0.25) is 0 Å². The molecule has 7 heteroatoms. The molecule has 168 valence electrons. The predicted octanol–water partition coefficient (Wildman–Crippen LogP) is 4.77. The fourth-order valence-corrected chi connectivity index (χ4v) is 3.04. The van der Waals surface area contributed by atoms with Gasteiger partial charge >= 0.3 is 11.9 Å². The Morgan fingerprint density at radius 1 is 0.441 bits per heavy atom. The van der Waals surface area contributed by atoms with Crippen molar-refractivity contribution in [3.05, 3.63) is 119 Å². The van der Waals surface area contributed by atoms with E-state index in [1.165, 1.54) is 72.8 Å². The Hall–Kier alpha value is -4.91. The second-order valence-electron chi connectivity index (χ2n) is 7.25. The van der Waals surface area contributed by atoms with Crippen LogP contribution in [0.5, 0.6) is 23.0 Å². The molecule has 0 unspecified atom stereocenters. The number of phenolic OH excluding ortho intramolecular Hbond substituents is 2. The van der Waals surface area contributed by atoms with Crippen molar-refractivity contribution >= 4 is 17.7 Å². The molecule has 4 aromatic carbocycles. The van der Waals surface area contributed by atoms with Crippen LogP contribution in [0.25, 0.3) is 0 Å². The molecule has 0 spiro atoms. The zero-order valence-corrected chi connectivity index (χ0v) is 17.7. The van der Waals surface area contributed by atoms with Crippen LogP contribution in [0.15, 0.2) is 97.1 Å². The molecule has 0 amide bonds. The number of phenols is 2. The molecule has 4 rings (SSSR count). The van der Waals surface area contributed by atoms with Crippen LogP contribution in [0.3, 0.4) is 0 Å². The molecule has 0 fully saturated rings. The Labute approximate surface area is 194 Å². The highest BCUT2D eigenvalue weighted by Gasteiger charge is 2.13. The maximum Gasteiger partial charge on any atom is 0.343 e. The molecule has 0 heterocycles. The van der Waals surface area contributed by atoms with Crippen molar-refractivity contribution in [2.75, 3.05) is 0 Å². The Bertz CT molecular complexity index is 1220. The average Bonchev–Trinajstić information content (AvgIpc) is 2.85. The SMILES string of the molecule is O=C(Oc1ccc(C(=O)c2ccc(OC(=O)c3ccc(O)cc3)cc2)cc1)c1ccc(O)cc1. The van der Waals surface area contributed by atoms with Gasteiger partial charge in [0, 0.05) is 11.1 Å². The van der Waals surface area contributed by atoms with Gasteiger partial charge in [0.25, 0.3) is 0 Å². The monoisotopic (exact) mass is 454 g/mol. The maximum absolute atomic E-state index is 12.8. The van der Waals surface area contributed by atoms with Gasteiger partial charge in [-0.25, -0.2) is 9.59 Å². The number of rotatable bonds is 6. The number of aromatic hydroxyl groups is 2. The summed E-state index contributed by atoms with van der Waals surface area (Å²) in [7, 11) is 0. The summed E-state index contributed by atoms with van der Waals surface area (Å²) in [5.41, 5.74) is 1.34. The lowest BCUT2D eigenvalue weighted by atomic mass is 10.0. The first-order chi connectivity index (χ1) is 16.4. The van der Waals surface area contributed by atoms with Gasteiger partial charge in [-0.3, -0.25) is 4.79 Å². The van der Waals surface area contributed by atoms with E-state index in [0.29, 0.717) is 11.1 Å². The van der Waals surface area contributed by atoms with Crippen LogP contribution in [0.1, 0.15) is 36.6 Å². The highest BCUT2D eigenvalue weighted by atomic mass is 16.5. The molecule has 0 aliphatic carbocycles. The van der Waals surface area contributed by atoms with Crippen LogP contribution in [0.4, 0.5) is 0 Å². The predicted molar refractivity (Wildman–Crippen MR) is 122 cm³/mol. The van der Waals surface area contributed by atoms with Gasteiger partial charge in [-0.1, -0.05) is 0 Å². The maximum atomic E-state index is 12.8. The molecule has 2 N–H and O–H groups in total. The van der Waals surface area contributed by atoms with E-state index in [-0.39, 0.29) is 39.9 Å². The number of ketones is 1. The number of hydrogen-bond donors (Lipinski definition) is 2. The van der Waals surface area contributed by atoms with Gasteiger partial charge in [-0.2, -0.15) is 0 Å². The van der Waals surface area contributed by atoms with Gasteiger partial charge in [0.05, 0.1) is 11.1 Å². The fourth-order valence-electron chi connectivity index (χ4n) is 3.04. The van der Waals surface area contributed by atoms with Gasteiger partial charge in [-0.15, -0.1) is 0 Å². The van der Waals surface area contributed by atoms with Crippen LogP contribution in [-0.2, 0) is 0 Å². The molecule has 0 bridgehead atoms. The minimum absolute atomic E-state index is 0.0444. The third-order valence-electron chi connectivity index (χ3n) is 4.86. The fraction of sp³-hybridized carbons (Fsp3) is 0. The number of ether oxygens (including phenoxy) is 2. The lowest BCUT2D eigenvalue weighted by molar-refractivity contribution is 0.0725. The second-order valence-corrected chi connectivity index (χ2v) is 7.25. The molecular weight excluding hydrogens is 436 g/mol. The van der Waals surface area contributed by atoms with Crippen molar-refractivity contribution in [1.29, 1.82) is 0 Å². The Morgan fingerprint density at radius 3 is 1.06 bits per heavy atom. The van der Waals surface area contributed by atoms with E-state index >= 15 is 0 Å². The summed E-state index contributed by atoms with van der Waals surface area (Å²) in [4.78, 5) is 37.1. The first-order valence-corrected chi connectivity index (χ1v) is 10.2. The molecular formula is C27H18O7. The second kappa shape index (κ2) is 9.70. The third-order valence-corrected chi connectivity index (χ3v) is 4.86. The van der Waals surface area contributed by atoms with Crippen LogP contribution in [-0.4, -0.2) is 27.9 Å². The Morgan fingerprint density at radius 2 is 0.735 bits per heavy atom. The first-order valence-electron chi connectivity index (χ1n) is 10.2. The lowest BCUT2D eigenvalue weighted by Crippen LogP contribution is -2.09. The van der Waals surface area contributed by atoms with Crippen LogP contribution >= 0.6 is 0 Å². The standard InChI is InChI=1S/C27H18O7/c28-21-9-1-19(2-10-21)26(31)33-23-13-5-17(6-14-23)25(30)18-7-15-24(16-8-18)34-27(32)20-3-11-22(29)12-4-20/h1-16,28-29H. The van der Waals surface area contributed by atoms with Gasteiger partial charge in [-0.05, 0) is 97.1 Å². The summed E-state index contributed by atoms with van der Waals surface area (Å²) in [6.45, 7) is 0. The smallest absolute Gasteiger partial charge is 0.343 e. The number of esters is 2. The molecule has 0 aliphatic rings.